The van der Waals surface area contributed by atoms with E-state index in [9.17, 15) is 4.79 Å². The summed E-state index contributed by atoms with van der Waals surface area (Å²) < 4.78 is 0. The molecule has 0 bridgehead atoms. The molecule has 0 aliphatic carbocycles. The molecule has 1 fully saturated rings. The normalized spacial score (nSPS) is 16.2. The highest BCUT2D eigenvalue weighted by molar-refractivity contribution is 6.03. The lowest BCUT2D eigenvalue weighted by Crippen LogP contribution is -2.39. The molecule has 4 N–H and O–H groups in total. The molecule has 0 unspecified atom stereocenters. The van der Waals surface area contributed by atoms with Crippen molar-refractivity contribution in [2.45, 2.75) is 39.3 Å². The molecule has 0 radical (unpaired) electrons. The summed E-state index contributed by atoms with van der Waals surface area (Å²) in [6.07, 6.45) is 3.41. The molecule has 1 amide bonds. The maximum absolute atomic E-state index is 12.2. The smallest absolute Gasteiger partial charge is 0.244 e. The van der Waals surface area contributed by atoms with Crippen molar-refractivity contribution < 1.29 is 4.79 Å². The third-order valence-corrected chi connectivity index (χ3v) is 5.35. The maximum Gasteiger partial charge on any atom is 0.244 e. The lowest BCUT2D eigenvalue weighted by molar-refractivity contribution is -0.115. The minimum atomic E-state index is -0.101. The Balaban J connectivity index is 1.55. The molecule has 8 nitrogen and oxygen atoms in total. The number of rotatable bonds is 8. The molecule has 0 spiro atoms. The fourth-order valence-corrected chi connectivity index (χ4v) is 3.67. The van der Waals surface area contributed by atoms with Crippen LogP contribution in [0.3, 0.4) is 0 Å². The van der Waals surface area contributed by atoms with Gasteiger partial charge >= 0.3 is 0 Å². The van der Waals surface area contributed by atoms with Gasteiger partial charge in [-0.25, -0.2) is 0 Å². The second-order valence-electron chi connectivity index (χ2n) is 7.77. The minimum absolute atomic E-state index is 0.101. The summed E-state index contributed by atoms with van der Waals surface area (Å²) in [5.41, 5.74) is 9.08. The monoisotopic (exact) mass is 395 g/mol. The van der Waals surface area contributed by atoms with Gasteiger partial charge in [0, 0.05) is 19.6 Å². The van der Waals surface area contributed by atoms with Crippen molar-refractivity contribution >= 4 is 29.2 Å². The zero-order valence-electron chi connectivity index (χ0n) is 16.9. The van der Waals surface area contributed by atoms with Gasteiger partial charge in [0.25, 0.3) is 0 Å². The largest absolute Gasteiger partial charge is 0.382 e. The maximum atomic E-state index is 12.2. The molecule has 1 saturated heterocycles. The summed E-state index contributed by atoms with van der Waals surface area (Å²) in [7, 11) is 0. The van der Waals surface area contributed by atoms with Crippen LogP contribution < -0.4 is 21.3 Å². The van der Waals surface area contributed by atoms with E-state index in [1.54, 1.807) is 0 Å². The molecule has 8 heteroatoms. The number of nitrogens with one attached hydrogen (secondary N) is 2. The Bertz CT molecular complexity index is 881. The average molecular weight is 396 g/mol. The quantitative estimate of drug-likeness (QED) is 0.590. The number of carbonyl (C=O) groups is 1. The topological polar surface area (TPSA) is 99.4 Å². The molecule has 2 aromatic rings. The average Bonchev–Trinajstić information content (AvgIpc) is 2.66. The van der Waals surface area contributed by atoms with Gasteiger partial charge < -0.3 is 21.3 Å². The summed E-state index contributed by atoms with van der Waals surface area (Å²) >= 11 is 0. The molecular weight excluding hydrogens is 366 g/mol. The van der Waals surface area contributed by atoms with E-state index >= 15 is 0 Å². The second kappa shape index (κ2) is 8.65. The van der Waals surface area contributed by atoms with Gasteiger partial charge in [-0.15, -0.1) is 0 Å². The summed E-state index contributed by atoms with van der Waals surface area (Å²) in [6, 6.07) is 8.56. The first kappa shape index (κ1) is 19.4. The number of amides is 1. The molecule has 3 heterocycles. The van der Waals surface area contributed by atoms with Crippen molar-refractivity contribution in [3.05, 3.63) is 35.4 Å². The van der Waals surface area contributed by atoms with Gasteiger partial charge in [0.1, 0.15) is 5.69 Å². The molecule has 4 rings (SSSR count). The van der Waals surface area contributed by atoms with Crippen molar-refractivity contribution in [3.63, 3.8) is 0 Å². The molecule has 2 aliphatic heterocycles. The van der Waals surface area contributed by atoms with E-state index in [4.69, 9.17) is 5.73 Å². The van der Waals surface area contributed by atoms with Gasteiger partial charge in [0.05, 0.1) is 6.54 Å². The number of nitrogen functional groups attached to an aromatic ring is 1. The van der Waals surface area contributed by atoms with Gasteiger partial charge in [0.2, 0.25) is 11.9 Å². The van der Waals surface area contributed by atoms with Crippen LogP contribution in [0, 0.1) is 0 Å². The van der Waals surface area contributed by atoms with E-state index < -0.39 is 0 Å². The third kappa shape index (κ3) is 4.59. The van der Waals surface area contributed by atoms with Gasteiger partial charge in [-0.3, -0.25) is 9.69 Å². The summed E-state index contributed by atoms with van der Waals surface area (Å²) in [4.78, 5) is 25.6. The van der Waals surface area contributed by atoms with Crippen LogP contribution in [0.1, 0.15) is 37.3 Å². The number of likely N-dealkylation sites (tertiary alicyclic amines) is 1. The Morgan fingerprint density at radius 3 is 2.72 bits per heavy atom. The van der Waals surface area contributed by atoms with Crippen LogP contribution >= 0.6 is 0 Å². The molecule has 0 atom stereocenters. The number of nitrogens with zero attached hydrogens (tertiary/aromatic N) is 4. The van der Waals surface area contributed by atoms with E-state index in [2.05, 4.69) is 56.7 Å². The van der Waals surface area contributed by atoms with Crippen molar-refractivity contribution in [2.75, 3.05) is 47.4 Å². The number of anilines is 4. The van der Waals surface area contributed by atoms with E-state index in [1.165, 1.54) is 25.1 Å². The van der Waals surface area contributed by atoms with E-state index in [-0.39, 0.29) is 12.5 Å². The number of aromatic nitrogens is 2. The fraction of sp³-hybridized carbons (Fsp3) is 0.476. The van der Waals surface area contributed by atoms with Crippen LogP contribution in [-0.2, 0) is 17.9 Å². The number of hydrogen-bond donors (Lipinski definition) is 3. The van der Waals surface area contributed by atoms with Gasteiger partial charge in [-0.05, 0) is 37.1 Å². The van der Waals surface area contributed by atoms with Crippen molar-refractivity contribution in [3.8, 4) is 0 Å². The van der Waals surface area contributed by atoms with Crippen LogP contribution in [0.25, 0.3) is 0 Å². The standard InChI is InChI=1S/C21H29N7O/c1-2-3-8-23-21-25-19(22)18-20(26-21)28(14-17(29)24-18)13-16-7-4-6-15(11-16)12-27-9-5-10-27/h4,6-7,11H,2-3,5,8-10,12-14H2,1H3,(H,24,29)(H3,22,23,25,26). The third-order valence-electron chi connectivity index (χ3n) is 5.35. The Morgan fingerprint density at radius 2 is 2.00 bits per heavy atom. The summed E-state index contributed by atoms with van der Waals surface area (Å²) in [5.74, 6) is 1.36. The number of hydrogen-bond acceptors (Lipinski definition) is 7. The Kier molecular flexibility index (Phi) is 5.80. The molecule has 2 aliphatic rings. The highest BCUT2D eigenvalue weighted by Crippen LogP contribution is 2.33. The highest BCUT2D eigenvalue weighted by atomic mass is 16.2. The molecule has 1 aromatic carbocycles. The van der Waals surface area contributed by atoms with Crippen LogP contribution in [-0.4, -0.2) is 47.0 Å². The molecular formula is C21H29N7O. The first-order valence-corrected chi connectivity index (χ1v) is 10.4. The molecule has 1 aromatic heterocycles. The second-order valence-corrected chi connectivity index (χ2v) is 7.77. The lowest BCUT2D eigenvalue weighted by atomic mass is 10.1. The lowest BCUT2D eigenvalue weighted by Gasteiger charge is -2.32. The Labute approximate surface area is 171 Å². The first-order valence-electron chi connectivity index (χ1n) is 10.4. The van der Waals surface area contributed by atoms with Crippen LogP contribution in [0.15, 0.2) is 24.3 Å². The van der Waals surface area contributed by atoms with Crippen LogP contribution in [0.4, 0.5) is 23.3 Å². The highest BCUT2D eigenvalue weighted by Gasteiger charge is 2.27. The van der Waals surface area contributed by atoms with E-state index in [0.29, 0.717) is 29.8 Å². The first-order chi connectivity index (χ1) is 14.1. The van der Waals surface area contributed by atoms with Gasteiger partial charge in [0.15, 0.2) is 11.6 Å². The van der Waals surface area contributed by atoms with Crippen molar-refractivity contribution in [2.24, 2.45) is 0 Å². The fourth-order valence-electron chi connectivity index (χ4n) is 3.67. The number of carbonyl (C=O) groups excluding carboxylic acids is 1. The van der Waals surface area contributed by atoms with E-state index in [1.807, 2.05) is 4.90 Å². The molecule has 0 saturated carbocycles. The summed E-state index contributed by atoms with van der Waals surface area (Å²) in [5, 5.41) is 6.05. The number of benzene rings is 1. The Hall–Kier alpha value is -2.87. The predicted molar refractivity (Wildman–Crippen MR) is 116 cm³/mol. The van der Waals surface area contributed by atoms with Crippen LogP contribution in [0.2, 0.25) is 0 Å². The number of fused-ring (bicyclic) bond motifs is 1. The number of unbranched alkanes of at least 4 members (excludes halogenated alkanes) is 1. The predicted octanol–water partition coefficient (Wildman–Crippen LogP) is 2.44. The van der Waals surface area contributed by atoms with Crippen LogP contribution in [0.5, 0.6) is 0 Å². The van der Waals surface area contributed by atoms with Gasteiger partial charge in [-0.2, -0.15) is 9.97 Å². The summed E-state index contributed by atoms with van der Waals surface area (Å²) in [6.45, 7) is 7.09. The zero-order chi connectivity index (χ0) is 20.2. The SMILES string of the molecule is CCCCNc1nc(N)c2c(n1)N(Cc1cccc(CN3CCC3)c1)CC(=O)N2. The molecule has 29 heavy (non-hydrogen) atoms. The Morgan fingerprint density at radius 1 is 1.21 bits per heavy atom. The van der Waals surface area contributed by atoms with Gasteiger partial charge in [-0.1, -0.05) is 37.6 Å². The zero-order valence-corrected chi connectivity index (χ0v) is 16.9. The number of nitrogens with two attached hydrogens (primary N) is 1. The van der Waals surface area contributed by atoms with E-state index in [0.717, 1.165) is 31.5 Å². The minimum Gasteiger partial charge on any atom is -0.382 e. The van der Waals surface area contributed by atoms with Crippen molar-refractivity contribution in [1.82, 2.24) is 14.9 Å². The van der Waals surface area contributed by atoms with Crippen molar-refractivity contribution in [1.29, 1.82) is 0 Å². The molecule has 154 valence electrons.